The molecule has 1 aliphatic heterocycles. The number of nitrogens with zero attached hydrogens (tertiary/aromatic N) is 3. The van der Waals surface area contributed by atoms with Gasteiger partial charge in [-0.1, -0.05) is 17.8 Å². The molecule has 116 valence electrons. The summed E-state index contributed by atoms with van der Waals surface area (Å²) < 4.78 is 11.7. The van der Waals surface area contributed by atoms with Gasteiger partial charge >= 0.3 is 0 Å². The highest BCUT2D eigenvalue weighted by Gasteiger charge is 2.31. The monoisotopic (exact) mass is 309 g/mol. The quantitative estimate of drug-likeness (QED) is 0.437. The Morgan fingerprint density at radius 1 is 1.43 bits per heavy atom. The van der Waals surface area contributed by atoms with Gasteiger partial charge in [0.1, 0.15) is 5.44 Å². The molecule has 6 heteroatoms. The molecule has 0 bridgehead atoms. The van der Waals surface area contributed by atoms with E-state index in [1.165, 1.54) is 0 Å². The van der Waals surface area contributed by atoms with Gasteiger partial charge in [0.15, 0.2) is 5.16 Å². The van der Waals surface area contributed by atoms with E-state index < -0.39 is 0 Å². The first-order valence-electron chi connectivity index (χ1n) is 7.13. The van der Waals surface area contributed by atoms with E-state index in [9.17, 15) is 0 Å². The minimum absolute atomic E-state index is 0.0610. The Morgan fingerprint density at radius 3 is 2.86 bits per heavy atom. The molecule has 0 spiro atoms. The first-order valence-corrected chi connectivity index (χ1v) is 8.01. The maximum Gasteiger partial charge on any atom is 0.189 e. The summed E-state index contributed by atoms with van der Waals surface area (Å²) in [6.45, 7) is 4.82. The van der Waals surface area contributed by atoms with E-state index in [1.807, 2.05) is 6.07 Å². The lowest BCUT2D eigenvalue weighted by atomic mass is 10.0. The first kappa shape index (κ1) is 16.4. The molecule has 21 heavy (non-hydrogen) atoms. The van der Waals surface area contributed by atoms with E-state index in [0.29, 0.717) is 19.3 Å². The van der Waals surface area contributed by atoms with Crippen molar-refractivity contribution in [2.45, 2.75) is 35.6 Å². The highest BCUT2D eigenvalue weighted by molar-refractivity contribution is 7.99. The fraction of sp³-hybridized carbons (Fsp3) is 0.600. The molecule has 0 saturated carbocycles. The Balaban J connectivity index is 1.94. The van der Waals surface area contributed by atoms with Gasteiger partial charge in [0, 0.05) is 18.4 Å². The third kappa shape index (κ3) is 5.39. The number of rotatable bonds is 7. The Bertz CT molecular complexity index is 430. The molecule has 0 amide bonds. The number of hydrogen-bond acceptors (Lipinski definition) is 6. The molecule has 1 aromatic heterocycles. The van der Waals surface area contributed by atoms with E-state index in [-0.39, 0.29) is 11.5 Å². The van der Waals surface area contributed by atoms with Gasteiger partial charge in [-0.15, -0.1) is 6.58 Å². The minimum Gasteiger partial charge on any atom is -0.375 e. The van der Waals surface area contributed by atoms with Crippen LogP contribution in [-0.4, -0.2) is 59.8 Å². The fourth-order valence-corrected chi connectivity index (χ4v) is 3.31. The molecule has 5 nitrogen and oxygen atoms in total. The van der Waals surface area contributed by atoms with Crippen molar-refractivity contribution in [3.8, 4) is 0 Å². The summed E-state index contributed by atoms with van der Waals surface area (Å²) in [6.07, 6.45) is 7.33. The van der Waals surface area contributed by atoms with Crippen LogP contribution in [0.15, 0.2) is 36.3 Å². The molecule has 0 N–H and O–H groups in total. The molecule has 1 saturated heterocycles. The van der Waals surface area contributed by atoms with Crippen molar-refractivity contribution in [1.82, 2.24) is 14.9 Å². The van der Waals surface area contributed by atoms with Crippen molar-refractivity contribution in [3.63, 3.8) is 0 Å². The summed E-state index contributed by atoms with van der Waals surface area (Å²) in [4.78, 5) is 10.8. The van der Waals surface area contributed by atoms with E-state index in [0.717, 1.165) is 18.0 Å². The van der Waals surface area contributed by atoms with Crippen LogP contribution < -0.4 is 0 Å². The van der Waals surface area contributed by atoms with Crippen molar-refractivity contribution in [2.24, 2.45) is 0 Å². The summed E-state index contributed by atoms with van der Waals surface area (Å²) >= 11 is 1.58. The van der Waals surface area contributed by atoms with Crippen molar-refractivity contribution in [2.75, 3.05) is 27.3 Å². The molecule has 2 rings (SSSR count). The summed E-state index contributed by atoms with van der Waals surface area (Å²) in [5.74, 6) is 0. The number of thioether (sulfide) groups is 1. The topological polar surface area (TPSA) is 47.5 Å². The maximum atomic E-state index is 6.11. The molecular weight excluding hydrogens is 286 g/mol. The average molecular weight is 309 g/mol. The normalized spacial score (nSPS) is 26.0. The van der Waals surface area contributed by atoms with Crippen LogP contribution in [0.1, 0.15) is 12.8 Å². The zero-order valence-corrected chi connectivity index (χ0v) is 13.5. The largest absolute Gasteiger partial charge is 0.375 e. The van der Waals surface area contributed by atoms with Crippen LogP contribution in [0.3, 0.4) is 0 Å². The second-order valence-electron chi connectivity index (χ2n) is 5.25. The molecule has 2 heterocycles. The predicted octanol–water partition coefficient (Wildman–Crippen LogP) is 2.21. The third-order valence-corrected chi connectivity index (χ3v) is 4.38. The lowest BCUT2D eigenvalue weighted by molar-refractivity contribution is -0.0710. The van der Waals surface area contributed by atoms with Crippen LogP contribution in [0, 0.1) is 0 Å². The van der Waals surface area contributed by atoms with Crippen LogP contribution in [-0.2, 0) is 9.47 Å². The van der Waals surface area contributed by atoms with Gasteiger partial charge in [-0.3, -0.25) is 0 Å². The van der Waals surface area contributed by atoms with Gasteiger partial charge in [0.05, 0.1) is 19.3 Å². The Morgan fingerprint density at radius 2 is 2.19 bits per heavy atom. The summed E-state index contributed by atoms with van der Waals surface area (Å²) in [6, 6.07) is 2.30. The van der Waals surface area contributed by atoms with Gasteiger partial charge in [-0.05, 0) is 33.0 Å². The van der Waals surface area contributed by atoms with Gasteiger partial charge in [-0.25, -0.2) is 9.97 Å². The second-order valence-corrected chi connectivity index (χ2v) is 6.38. The van der Waals surface area contributed by atoms with Crippen LogP contribution in [0.25, 0.3) is 0 Å². The minimum atomic E-state index is 0.0610. The molecule has 3 atom stereocenters. The number of hydrogen-bond donors (Lipinski definition) is 0. The average Bonchev–Trinajstić information content (AvgIpc) is 2.48. The fourth-order valence-electron chi connectivity index (χ4n) is 2.30. The molecular formula is C15H23N3O2S. The van der Waals surface area contributed by atoms with Gasteiger partial charge < -0.3 is 14.4 Å². The van der Waals surface area contributed by atoms with Crippen molar-refractivity contribution >= 4 is 11.8 Å². The molecule has 0 aliphatic carbocycles. The Hall–Kier alpha value is -0.950. The van der Waals surface area contributed by atoms with Crippen molar-refractivity contribution < 1.29 is 9.47 Å². The van der Waals surface area contributed by atoms with Gasteiger partial charge in [-0.2, -0.15) is 0 Å². The van der Waals surface area contributed by atoms with Crippen molar-refractivity contribution in [1.29, 1.82) is 0 Å². The van der Waals surface area contributed by atoms with Gasteiger partial charge in [0.2, 0.25) is 0 Å². The SMILES string of the molecule is C=CCOCC1CC(N(C)C)CC(Sc2ncccn2)O1. The van der Waals surface area contributed by atoms with Crippen LogP contribution in [0.4, 0.5) is 0 Å². The van der Waals surface area contributed by atoms with Crippen LogP contribution in [0.5, 0.6) is 0 Å². The highest BCUT2D eigenvalue weighted by atomic mass is 32.2. The summed E-state index contributed by atoms with van der Waals surface area (Å²) in [7, 11) is 4.22. The second kappa shape index (κ2) is 8.48. The van der Waals surface area contributed by atoms with E-state index in [2.05, 4.69) is 35.5 Å². The first-order chi connectivity index (χ1) is 10.2. The molecule has 1 aromatic rings. The van der Waals surface area contributed by atoms with E-state index in [4.69, 9.17) is 9.47 Å². The van der Waals surface area contributed by atoms with Crippen LogP contribution in [0.2, 0.25) is 0 Å². The molecule has 0 radical (unpaired) electrons. The lowest BCUT2D eigenvalue weighted by Gasteiger charge is -2.37. The smallest absolute Gasteiger partial charge is 0.189 e. The van der Waals surface area contributed by atoms with E-state index in [1.54, 1.807) is 30.2 Å². The van der Waals surface area contributed by atoms with Crippen LogP contribution >= 0.6 is 11.8 Å². The Kier molecular flexibility index (Phi) is 6.63. The molecule has 1 aliphatic rings. The zero-order valence-electron chi connectivity index (χ0n) is 12.6. The molecule has 0 aromatic carbocycles. The maximum absolute atomic E-state index is 6.11. The third-order valence-electron chi connectivity index (χ3n) is 3.39. The number of aromatic nitrogens is 2. The highest BCUT2D eigenvalue weighted by Crippen LogP contribution is 2.32. The summed E-state index contributed by atoms with van der Waals surface area (Å²) in [5.41, 5.74) is 0.0610. The lowest BCUT2D eigenvalue weighted by Crippen LogP contribution is -2.43. The predicted molar refractivity (Wildman–Crippen MR) is 84.3 cm³/mol. The molecule has 1 fully saturated rings. The van der Waals surface area contributed by atoms with Gasteiger partial charge in [0.25, 0.3) is 0 Å². The standard InChI is InChI=1S/C15H23N3O2S/c1-4-8-19-11-13-9-12(18(2)3)10-14(20-13)21-15-16-6-5-7-17-15/h4-7,12-14H,1,8-11H2,2-3H3. The molecule has 3 unspecified atom stereocenters. The van der Waals surface area contributed by atoms with Crippen molar-refractivity contribution in [3.05, 3.63) is 31.1 Å². The Labute approximate surface area is 130 Å². The number of ether oxygens (including phenoxy) is 2. The summed E-state index contributed by atoms with van der Waals surface area (Å²) in [5, 5.41) is 0.757. The zero-order chi connectivity index (χ0) is 15.1. The van der Waals surface area contributed by atoms with E-state index >= 15 is 0 Å².